The Kier molecular flexibility index (Phi) is 5.79. The number of rotatable bonds is 6. The van der Waals surface area contributed by atoms with E-state index >= 15 is 0 Å². The first-order valence-electron chi connectivity index (χ1n) is 8.08. The lowest BCUT2D eigenvalue weighted by Gasteiger charge is -2.27. The smallest absolute Gasteiger partial charge is 0.411 e. The number of ether oxygens (including phenoxy) is 1. The second kappa shape index (κ2) is 7.40. The summed E-state index contributed by atoms with van der Waals surface area (Å²) in [6, 6.07) is 10.3. The van der Waals surface area contributed by atoms with Crippen LogP contribution in [0.25, 0.3) is 0 Å². The number of nitrogens with zero attached hydrogens (tertiary/aromatic N) is 1. The van der Waals surface area contributed by atoms with Gasteiger partial charge in [-0.2, -0.15) is 0 Å². The van der Waals surface area contributed by atoms with Gasteiger partial charge in [0.05, 0.1) is 11.9 Å². The number of benzene rings is 1. The van der Waals surface area contributed by atoms with Gasteiger partial charge in [-0.05, 0) is 12.0 Å². The van der Waals surface area contributed by atoms with Crippen LogP contribution in [0.4, 0.5) is 4.79 Å². The monoisotopic (exact) mass is 321 g/mol. The van der Waals surface area contributed by atoms with Crippen LogP contribution >= 0.6 is 11.8 Å². The molecule has 2 rings (SSSR count). The molecular weight excluding hydrogens is 294 g/mol. The minimum Gasteiger partial charge on any atom is -0.439 e. The molecule has 3 nitrogen and oxygen atoms in total. The molecule has 122 valence electrons. The van der Waals surface area contributed by atoms with Gasteiger partial charge in [-0.15, -0.1) is 11.8 Å². The van der Waals surface area contributed by atoms with Crippen molar-refractivity contribution in [3.05, 3.63) is 35.9 Å². The third-order valence-electron chi connectivity index (χ3n) is 3.83. The quantitative estimate of drug-likeness (QED) is 0.718. The lowest BCUT2D eigenvalue weighted by atomic mass is 9.98. The summed E-state index contributed by atoms with van der Waals surface area (Å²) < 4.78 is 5.85. The Balaban J connectivity index is 2.15. The predicted octanol–water partition coefficient (Wildman–Crippen LogP) is 5.23. The molecule has 2 atom stereocenters. The summed E-state index contributed by atoms with van der Waals surface area (Å²) in [5.41, 5.74) is 1.10. The Morgan fingerprint density at radius 1 is 1.23 bits per heavy atom. The lowest BCUT2D eigenvalue weighted by Crippen LogP contribution is -2.35. The van der Waals surface area contributed by atoms with Crippen molar-refractivity contribution < 1.29 is 9.53 Å². The molecule has 1 aliphatic rings. The van der Waals surface area contributed by atoms with Crippen molar-refractivity contribution in [1.29, 1.82) is 0 Å². The highest BCUT2D eigenvalue weighted by atomic mass is 32.2. The number of unbranched alkanes of at least 4 members (excludes halogenated alkanes) is 1. The van der Waals surface area contributed by atoms with Crippen LogP contribution in [-0.4, -0.2) is 27.7 Å². The highest BCUT2D eigenvalue weighted by Gasteiger charge is 2.42. The summed E-state index contributed by atoms with van der Waals surface area (Å²) >= 11 is 1.79. The summed E-state index contributed by atoms with van der Waals surface area (Å²) in [6.07, 6.45) is 2.92. The minimum absolute atomic E-state index is 0.138. The van der Waals surface area contributed by atoms with Crippen LogP contribution in [0, 0.1) is 0 Å². The SMILES string of the molecule is CCCC[C@H]1[C@@H](c2ccccc2)OC(=O)N1CSC(C)(C)C. The Morgan fingerprint density at radius 2 is 1.91 bits per heavy atom. The molecule has 1 aliphatic heterocycles. The molecule has 1 saturated heterocycles. The molecular formula is C18H27NO2S. The van der Waals surface area contributed by atoms with Crippen LogP contribution in [0.2, 0.25) is 0 Å². The van der Waals surface area contributed by atoms with Gasteiger partial charge in [0.2, 0.25) is 0 Å². The predicted molar refractivity (Wildman–Crippen MR) is 93.0 cm³/mol. The normalized spacial score (nSPS) is 22.0. The number of carbonyl (C=O) groups is 1. The van der Waals surface area contributed by atoms with Gasteiger partial charge in [-0.3, -0.25) is 4.90 Å². The molecule has 0 saturated carbocycles. The van der Waals surface area contributed by atoms with Gasteiger partial charge in [-0.1, -0.05) is 70.9 Å². The lowest BCUT2D eigenvalue weighted by molar-refractivity contribution is 0.129. The summed E-state index contributed by atoms with van der Waals surface area (Å²) in [6.45, 7) is 8.71. The average molecular weight is 321 g/mol. The maximum Gasteiger partial charge on any atom is 0.411 e. The zero-order valence-electron chi connectivity index (χ0n) is 14.0. The number of cyclic esters (lactones) is 1. The molecule has 1 heterocycles. The summed E-state index contributed by atoms with van der Waals surface area (Å²) in [4.78, 5) is 14.3. The average Bonchev–Trinajstić information content (AvgIpc) is 2.79. The minimum atomic E-state index is -0.174. The van der Waals surface area contributed by atoms with Crippen LogP contribution in [0.1, 0.15) is 58.6 Å². The molecule has 1 fully saturated rings. The van der Waals surface area contributed by atoms with Gasteiger partial charge < -0.3 is 4.74 Å². The highest BCUT2D eigenvalue weighted by Crippen LogP contribution is 2.37. The maximum absolute atomic E-state index is 12.3. The first-order valence-corrected chi connectivity index (χ1v) is 9.07. The van der Waals surface area contributed by atoms with Gasteiger partial charge in [0.25, 0.3) is 0 Å². The fraction of sp³-hybridized carbons (Fsp3) is 0.611. The van der Waals surface area contributed by atoms with Crippen molar-refractivity contribution in [2.45, 2.75) is 63.9 Å². The van der Waals surface area contributed by atoms with Gasteiger partial charge in [0.15, 0.2) is 0 Å². The molecule has 0 bridgehead atoms. The third kappa shape index (κ3) is 4.42. The standard InChI is InChI=1S/C18H27NO2S/c1-5-6-12-15-16(14-10-8-7-9-11-14)21-17(20)19(15)13-22-18(2,3)4/h7-11,15-16H,5-6,12-13H2,1-4H3/t15-,16+/m0/s1. The number of thioether (sulfide) groups is 1. The van der Waals surface area contributed by atoms with Crippen molar-refractivity contribution in [3.8, 4) is 0 Å². The number of hydrogen-bond acceptors (Lipinski definition) is 3. The topological polar surface area (TPSA) is 29.5 Å². The number of carbonyl (C=O) groups excluding carboxylic acids is 1. The molecule has 0 unspecified atom stereocenters. The molecule has 1 amide bonds. The Hall–Kier alpha value is -1.16. The molecule has 0 spiro atoms. The fourth-order valence-electron chi connectivity index (χ4n) is 2.62. The molecule has 0 N–H and O–H groups in total. The van der Waals surface area contributed by atoms with Crippen molar-refractivity contribution in [2.24, 2.45) is 0 Å². The number of hydrogen-bond donors (Lipinski definition) is 0. The van der Waals surface area contributed by atoms with Gasteiger partial charge in [0, 0.05) is 4.75 Å². The second-order valence-electron chi connectivity index (χ2n) is 6.78. The molecule has 22 heavy (non-hydrogen) atoms. The Labute approximate surface area is 138 Å². The molecule has 0 radical (unpaired) electrons. The zero-order chi connectivity index (χ0) is 16.2. The van der Waals surface area contributed by atoms with E-state index in [2.05, 4.69) is 39.8 Å². The zero-order valence-corrected chi connectivity index (χ0v) is 14.9. The van der Waals surface area contributed by atoms with E-state index in [4.69, 9.17) is 4.74 Å². The fourth-order valence-corrected chi connectivity index (χ4v) is 3.44. The van der Waals surface area contributed by atoms with Crippen molar-refractivity contribution >= 4 is 17.9 Å². The Bertz CT molecular complexity index is 484. The first-order chi connectivity index (χ1) is 10.4. The summed E-state index contributed by atoms with van der Waals surface area (Å²) in [5.74, 6) is 0.694. The van der Waals surface area contributed by atoms with Gasteiger partial charge in [0.1, 0.15) is 6.10 Å². The van der Waals surface area contributed by atoms with E-state index in [0.717, 1.165) is 24.8 Å². The highest BCUT2D eigenvalue weighted by molar-refractivity contribution is 8.00. The molecule has 1 aromatic carbocycles. The number of amides is 1. The van der Waals surface area contributed by atoms with E-state index < -0.39 is 0 Å². The van der Waals surface area contributed by atoms with Crippen LogP contribution in [0.15, 0.2) is 30.3 Å². The molecule has 4 heteroatoms. The third-order valence-corrected chi connectivity index (χ3v) is 5.10. The van der Waals surface area contributed by atoms with Crippen LogP contribution in [0.5, 0.6) is 0 Å². The molecule has 1 aromatic rings. The van der Waals surface area contributed by atoms with Crippen molar-refractivity contribution in [1.82, 2.24) is 4.90 Å². The second-order valence-corrected chi connectivity index (χ2v) is 8.55. The maximum atomic E-state index is 12.3. The van der Waals surface area contributed by atoms with E-state index in [9.17, 15) is 4.79 Å². The van der Waals surface area contributed by atoms with Gasteiger partial charge in [-0.25, -0.2) is 4.79 Å². The van der Waals surface area contributed by atoms with Crippen molar-refractivity contribution in [2.75, 3.05) is 5.88 Å². The summed E-state index contributed by atoms with van der Waals surface area (Å²) in [5, 5.41) is 0. The molecule has 0 aromatic heterocycles. The van der Waals surface area contributed by atoms with E-state index in [0.29, 0.717) is 5.88 Å². The van der Waals surface area contributed by atoms with E-state index in [1.807, 2.05) is 23.1 Å². The molecule has 0 aliphatic carbocycles. The van der Waals surface area contributed by atoms with Gasteiger partial charge >= 0.3 is 6.09 Å². The van der Waals surface area contributed by atoms with Crippen LogP contribution in [-0.2, 0) is 4.74 Å². The largest absolute Gasteiger partial charge is 0.439 e. The van der Waals surface area contributed by atoms with Crippen molar-refractivity contribution in [3.63, 3.8) is 0 Å². The van der Waals surface area contributed by atoms with Crippen LogP contribution in [0.3, 0.4) is 0 Å². The van der Waals surface area contributed by atoms with E-state index in [-0.39, 0.29) is 23.0 Å². The summed E-state index contributed by atoms with van der Waals surface area (Å²) in [7, 11) is 0. The van der Waals surface area contributed by atoms with E-state index in [1.54, 1.807) is 11.8 Å². The van der Waals surface area contributed by atoms with E-state index in [1.165, 1.54) is 0 Å². The Morgan fingerprint density at radius 3 is 2.50 bits per heavy atom. The first kappa shape index (κ1) is 17.2. The van der Waals surface area contributed by atoms with Crippen LogP contribution < -0.4 is 0 Å².